The van der Waals surface area contributed by atoms with Crippen LogP contribution < -0.4 is 14.8 Å². The average Bonchev–Trinajstić information content (AvgIpc) is 3.19. The molecule has 2 aromatic carbocycles. The molecule has 7 heteroatoms. The van der Waals surface area contributed by atoms with Gasteiger partial charge in [-0.25, -0.2) is 9.97 Å². The summed E-state index contributed by atoms with van der Waals surface area (Å²) in [6, 6.07) is 17.2. The van der Waals surface area contributed by atoms with E-state index in [2.05, 4.69) is 15.3 Å². The first-order chi connectivity index (χ1) is 14.2. The number of benzene rings is 2. The molecule has 0 saturated heterocycles. The molecule has 0 radical (unpaired) electrons. The Morgan fingerprint density at radius 3 is 2.59 bits per heavy atom. The molecule has 0 aliphatic carbocycles. The van der Waals surface area contributed by atoms with Gasteiger partial charge in [0.1, 0.15) is 16.9 Å². The van der Waals surface area contributed by atoms with E-state index in [9.17, 15) is 4.79 Å². The van der Waals surface area contributed by atoms with Crippen molar-refractivity contribution in [2.45, 2.75) is 6.92 Å². The fourth-order valence-corrected chi connectivity index (χ4v) is 3.83. The third-order valence-electron chi connectivity index (χ3n) is 4.21. The first kappa shape index (κ1) is 18.9. The number of ether oxygens (including phenoxy) is 2. The van der Waals surface area contributed by atoms with Gasteiger partial charge in [0.25, 0.3) is 5.91 Å². The lowest BCUT2D eigenvalue weighted by molar-refractivity contribution is -0.118. The van der Waals surface area contributed by atoms with Crippen LogP contribution in [0.15, 0.2) is 66.3 Å². The number of carbonyl (C=O) groups excluding carboxylic acids is 1. The maximum atomic E-state index is 12.3. The molecule has 6 nitrogen and oxygen atoms in total. The Labute approximate surface area is 172 Å². The second kappa shape index (κ2) is 8.70. The molecule has 0 aliphatic heterocycles. The normalized spacial score (nSPS) is 10.7. The van der Waals surface area contributed by atoms with Gasteiger partial charge in [0.05, 0.1) is 12.0 Å². The molecular weight excluding hydrogens is 386 g/mol. The van der Waals surface area contributed by atoms with Crippen LogP contribution in [-0.4, -0.2) is 29.1 Å². The van der Waals surface area contributed by atoms with E-state index in [1.54, 1.807) is 12.1 Å². The van der Waals surface area contributed by atoms with E-state index in [0.717, 1.165) is 27.1 Å². The van der Waals surface area contributed by atoms with Crippen LogP contribution in [0, 0.1) is 0 Å². The molecule has 0 atom stereocenters. The van der Waals surface area contributed by atoms with Crippen molar-refractivity contribution in [2.75, 3.05) is 18.5 Å². The highest BCUT2D eigenvalue weighted by Crippen LogP contribution is 2.37. The molecule has 0 spiro atoms. The SMILES string of the molecule is CCOc1ccc(NC(=O)COc2ncnc3scc(-c4ccccc4)c23)cc1. The minimum atomic E-state index is -0.266. The van der Waals surface area contributed by atoms with Crippen molar-refractivity contribution in [3.8, 4) is 22.8 Å². The quantitative estimate of drug-likeness (QED) is 0.479. The number of hydrogen-bond donors (Lipinski definition) is 1. The van der Waals surface area contributed by atoms with E-state index < -0.39 is 0 Å². The Balaban J connectivity index is 1.48. The molecule has 1 N–H and O–H groups in total. The van der Waals surface area contributed by atoms with E-state index in [0.29, 0.717) is 18.2 Å². The minimum absolute atomic E-state index is 0.149. The van der Waals surface area contributed by atoms with E-state index in [1.807, 2.05) is 54.8 Å². The van der Waals surface area contributed by atoms with Gasteiger partial charge in [-0.05, 0) is 36.8 Å². The number of anilines is 1. The van der Waals surface area contributed by atoms with Crippen LogP contribution >= 0.6 is 11.3 Å². The number of rotatable bonds is 7. The van der Waals surface area contributed by atoms with Crippen LogP contribution in [0.25, 0.3) is 21.3 Å². The third-order valence-corrected chi connectivity index (χ3v) is 5.10. The lowest BCUT2D eigenvalue weighted by Gasteiger charge is -2.09. The predicted molar refractivity (Wildman–Crippen MR) is 115 cm³/mol. The summed E-state index contributed by atoms with van der Waals surface area (Å²) in [6.07, 6.45) is 1.45. The fraction of sp³-hybridized carbons (Fsp3) is 0.136. The monoisotopic (exact) mass is 405 g/mol. The van der Waals surface area contributed by atoms with E-state index in [4.69, 9.17) is 9.47 Å². The minimum Gasteiger partial charge on any atom is -0.494 e. The number of thiophene rings is 1. The zero-order valence-electron chi connectivity index (χ0n) is 15.8. The highest BCUT2D eigenvalue weighted by atomic mass is 32.1. The van der Waals surface area contributed by atoms with Crippen molar-refractivity contribution in [3.05, 3.63) is 66.3 Å². The van der Waals surface area contributed by atoms with Gasteiger partial charge in [-0.1, -0.05) is 30.3 Å². The standard InChI is InChI=1S/C22H19N3O3S/c1-2-27-17-10-8-16(9-11-17)25-19(26)12-28-21-20-18(15-6-4-3-5-7-15)13-29-22(20)24-14-23-21/h3-11,13-14H,2,12H2,1H3,(H,25,26). The highest BCUT2D eigenvalue weighted by Gasteiger charge is 2.15. The molecule has 2 aromatic heterocycles. The zero-order chi connectivity index (χ0) is 20.1. The molecule has 0 saturated carbocycles. The van der Waals surface area contributed by atoms with Gasteiger partial charge in [-0.3, -0.25) is 4.79 Å². The molecule has 0 fully saturated rings. The molecule has 2 heterocycles. The van der Waals surface area contributed by atoms with Crippen molar-refractivity contribution in [1.82, 2.24) is 9.97 Å². The summed E-state index contributed by atoms with van der Waals surface area (Å²) in [5.74, 6) is 0.894. The summed E-state index contributed by atoms with van der Waals surface area (Å²) >= 11 is 1.52. The maximum absolute atomic E-state index is 12.3. The number of nitrogens with one attached hydrogen (secondary N) is 1. The molecule has 1 amide bonds. The van der Waals surface area contributed by atoms with Gasteiger partial charge in [0, 0.05) is 16.6 Å². The second-order valence-electron chi connectivity index (χ2n) is 6.17. The van der Waals surface area contributed by atoms with Gasteiger partial charge in [-0.2, -0.15) is 0 Å². The lowest BCUT2D eigenvalue weighted by atomic mass is 10.1. The number of amides is 1. The number of fused-ring (bicyclic) bond motifs is 1. The second-order valence-corrected chi connectivity index (χ2v) is 7.03. The Morgan fingerprint density at radius 1 is 1.03 bits per heavy atom. The number of carbonyl (C=O) groups is 1. The molecule has 146 valence electrons. The van der Waals surface area contributed by atoms with Gasteiger partial charge in [0.15, 0.2) is 6.61 Å². The maximum Gasteiger partial charge on any atom is 0.262 e. The zero-order valence-corrected chi connectivity index (χ0v) is 16.6. The lowest BCUT2D eigenvalue weighted by Crippen LogP contribution is -2.20. The van der Waals surface area contributed by atoms with Crippen molar-refractivity contribution in [3.63, 3.8) is 0 Å². The van der Waals surface area contributed by atoms with E-state index in [-0.39, 0.29) is 12.5 Å². The molecule has 4 rings (SSSR count). The number of hydrogen-bond acceptors (Lipinski definition) is 6. The van der Waals surface area contributed by atoms with Crippen LogP contribution in [0.1, 0.15) is 6.92 Å². The Hall–Kier alpha value is -3.45. The fourth-order valence-electron chi connectivity index (χ4n) is 2.92. The summed E-state index contributed by atoms with van der Waals surface area (Å²) in [7, 11) is 0. The number of aromatic nitrogens is 2. The molecular formula is C22H19N3O3S. The smallest absolute Gasteiger partial charge is 0.262 e. The third kappa shape index (κ3) is 4.35. The van der Waals surface area contributed by atoms with Crippen LogP contribution in [0.3, 0.4) is 0 Å². The predicted octanol–water partition coefficient (Wildman–Crippen LogP) is 4.77. The largest absolute Gasteiger partial charge is 0.494 e. The summed E-state index contributed by atoms with van der Waals surface area (Å²) in [5, 5.41) is 5.66. The van der Waals surface area contributed by atoms with Crippen LogP contribution in [0.2, 0.25) is 0 Å². The summed E-state index contributed by atoms with van der Waals surface area (Å²) in [4.78, 5) is 21.7. The molecule has 29 heavy (non-hydrogen) atoms. The van der Waals surface area contributed by atoms with Gasteiger partial charge in [-0.15, -0.1) is 11.3 Å². The molecule has 0 aliphatic rings. The van der Waals surface area contributed by atoms with Crippen molar-refractivity contribution < 1.29 is 14.3 Å². The van der Waals surface area contributed by atoms with Crippen LogP contribution in [0.5, 0.6) is 11.6 Å². The van der Waals surface area contributed by atoms with E-state index >= 15 is 0 Å². The Kier molecular flexibility index (Phi) is 5.67. The van der Waals surface area contributed by atoms with Gasteiger partial charge in [0.2, 0.25) is 5.88 Å². The molecule has 4 aromatic rings. The first-order valence-electron chi connectivity index (χ1n) is 9.17. The van der Waals surface area contributed by atoms with Crippen molar-refractivity contribution in [2.24, 2.45) is 0 Å². The summed E-state index contributed by atoms with van der Waals surface area (Å²) in [5.41, 5.74) is 2.72. The van der Waals surface area contributed by atoms with Crippen LogP contribution in [0.4, 0.5) is 5.69 Å². The van der Waals surface area contributed by atoms with Crippen molar-refractivity contribution >= 4 is 33.1 Å². The molecule has 0 unspecified atom stereocenters. The van der Waals surface area contributed by atoms with Gasteiger partial charge < -0.3 is 14.8 Å². The van der Waals surface area contributed by atoms with Crippen LogP contribution in [-0.2, 0) is 4.79 Å². The Bertz CT molecular complexity index is 1110. The highest BCUT2D eigenvalue weighted by molar-refractivity contribution is 7.17. The average molecular weight is 405 g/mol. The number of nitrogens with zero attached hydrogens (tertiary/aromatic N) is 2. The van der Waals surface area contributed by atoms with Crippen molar-refractivity contribution in [1.29, 1.82) is 0 Å². The first-order valence-corrected chi connectivity index (χ1v) is 10.1. The summed E-state index contributed by atoms with van der Waals surface area (Å²) < 4.78 is 11.2. The van der Waals surface area contributed by atoms with E-state index in [1.165, 1.54) is 17.7 Å². The summed E-state index contributed by atoms with van der Waals surface area (Å²) in [6.45, 7) is 2.37. The van der Waals surface area contributed by atoms with Gasteiger partial charge >= 0.3 is 0 Å². The Morgan fingerprint density at radius 2 is 1.83 bits per heavy atom. The molecule has 0 bridgehead atoms. The topological polar surface area (TPSA) is 73.3 Å².